The lowest BCUT2D eigenvalue weighted by Crippen LogP contribution is -2.26. The zero-order valence-electron chi connectivity index (χ0n) is 14.6. The van der Waals surface area contributed by atoms with E-state index in [9.17, 15) is 4.79 Å². The number of carbonyl (C=O) groups is 1. The molecule has 132 valence electrons. The first-order chi connectivity index (χ1) is 13.3. The molecule has 4 nitrogen and oxygen atoms in total. The molecule has 0 N–H and O–H groups in total. The zero-order chi connectivity index (χ0) is 18.2. The second kappa shape index (κ2) is 6.59. The topological polar surface area (TPSA) is 46.1 Å². The summed E-state index contributed by atoms with van der Waals surface area (Å²) >= 11 is 1.64. The Kier molecular flexibility index (Phi) is 3.94. The Bertz CT molecular complexity index is 1140. The van der Waals surface area contributed by atoms with Crippen LogP contribution in [0.2, 0.25) is 0 Å². The first kappa shape index (κ1) is 16.1. The molecule has 4 heterocycles. The van der Waals surface area contributed by atoms with Crippen LogP contribution in [0.4, 0.5) is 0 Å². The van der Waals surface area contributed by atoms with Gasteiger partial charge in [-0.05, 0) is 46.2 Å². The quantitative estimate of drug-likeness (QED) is 0.528. The van der Waals surface area contributed by atoms with Crippen molar-refractivity contribution < 1.29 is 4.79 Å². The summed E-state index contributed by atoms with van der Waals surface area (Å²) in [5.74, 6) is 0.0695. The van der Waals surface area contributed by atoms with Gasteiger partial charge in [-0.3, -0.25) is 14.8 Å². The number of hydrogen-bond donors (Lipinski definition) is 0. The van der Waals surface area contributed by atoms with E-state index in [1.54, 1.807) is 17.5 Å². The Hall–Kier alpha value is -3.05. The minimum absolute atomic E-state index is 0.0695. The van der Waals surface area contributed by atoms with Gasteiger partial charge in [-0.25, -0.2) is 0 Å². The van der Waals surface area contributed by atoms with E-state index in [1.807, 2.05) is 40.6 Å². The first-order valence-corrected chi connectivity index (χ1v) is 9.88. The highest BCUT2D eigenvalue weighted by Crippen LogP contribution is 2.32. The van der Waals surface area contributed by atoms with Gasteiger partial charge in [-0.2, -0.15) is 11.3 Å². The van der Waals surface area contributed by atoms with Crippen molar-refractivity contribution in [2.75, 3.05) is 6.54 Å². The summed E-state index contributed by atoms with van der Waals surface area (Å²) in [5.41, 5.74) is 5.69. The monoisotopic (exact) mass is 371 g/mol. The van der Waals surface area contributed by atoms with Crippen LogP contribution in [0.25, 0.3) is 22.0 Å². The summed E-state index contributed by atoms with van der Waals surface area (Å²) in [6.07, 6.45) is 2.53. The summed E-state index contributed by atoms with van der Waals surface area (Å²) in [6.45, 7) is 1.21. The number of carbonyl (C=O) groups excluding carboxylic acids is 1. The van der Waals surface area contributed by atoms with Gasteiger partial charge in [0.25, 0.3) is 5.91 Å². The lowest BCUT2D eigenvalue weighted by molar-refractivity contribution is 0.0780. The van der Waals surface area contributed by atoms with Crippen LogP contribution in [0.1, 0.15) is 21.7 Å². The number of nitrogens with zero attached hydrogens (tertiary/aromatic N) is 3. The maximum Gasteiger partial charge on any atom is 0.256 e. The molecule has 0 saturated heterocycles. The normalized spacial score (nSPS) is 13.3. The van der Waals surface area contributed by atoms with Crippen molar-refractivity contribution in [3.63, 3.8) is 0 Å². The van der Waals surface area contributed by atoms with Crippen LogP contribution in [0.5, 0.6) is 0 Å². The summed E-state index contributed by atoms with van der Waals surface area (Å²) in [6, 6.07) is 16.2. The van der Waals surface area contributed by atoms with E-state index in [0.29, 0.717) is 13.1 Å². The SMILES string of the molecule is O=C1c2c(-c3ccsc3)ccnc2CN1CCc1ccc2ccccc2n1. The average molecular weight is 371 g/mol. The van der Waals surface area contributed by atoms with Crippen LogP contribution in [0.15, 0.2) is 65.5 Å². The van der Waals surface area contributed by atoms with E-state index in [0.717, 1.165) is 45.4 Å². The molecular formula is C22H17N3OS. The summed E-state index contributed by atoms with van der Waals surface area (Å²) < 4.78 is 0. The van der Waals surface area contributed by atoms with Gasteiger partial charge in [0.05, 0.1) is 23.3 Å². The first-order valence-electron chi connectivity index (χ1n) is 8.94. The fourth-order valence-corrected chi connectivity index (χ4v) is 4.27. The van der Waals surface area contributed by atoms with Gasteiger partial charge < -0.3 is 4.90 Å². The molecule has 0 unspecified atom stereocenters. The van der Waals surface area contributed by atoms with E-state index < -0.39 is 0 Å². The minimum atomic E-state index is 0.0695. The highest BCUT2D eigenvalue weighted by atomic mass is 32.1. The van der Waals surface area contributed by atoms with Crippen molar-refractivity contribution in [3.8, 4) is 11.1 Å². The molecule has 5 rings (SSSR count). The molecule has 0 fully saturated rings. The zero-order valence-corrected chi connectivity index (χ0v) is 15.4. The summed E-state index contributed by atoms with van der Waals surface area (Å²) in [7, 11) is 0. The molecule has 1 amide bonds. The molecule has 0 saturated carbocycles. The van der Waals surface area contributed by atoms with Gasteiger partial charge >= 0.3 is 0 Å². The number of aromatic nitrogens is 2. The van der Waals surface area contributed by atoms with Crippen LogP contribution in [0.3, 0.4) is 0 Å². The van der Waals surface area contributed by atoms with Crippen LogP contribution in [-0.4, -0.2) is 27.3 Å². The van der Waals surface area contributed by atoms with Crippen molar-refractivity contribution >= 4 is 28.1 Å². The Balaban J connectivity index is 1.37. The third kappa shape index (κ3) is 2.90. The number of fused-ring (bicyclic) bond motifs is 2. The lowest BCUT2D eigenvalue weighted by Gasteiger charge is -2.15. The fourth-order valence-electron chi connectivity index (χ4n) is 3.61. The fraction of sp³-hybridized carbons (Fsp3) is 0.136. The molecule has 1 aliphatic rings. The molecule has 1 aromatic carbocycles. The predicted molar refractivity (Wildman–Crippen MR) is 108 cm³/mol. The number of amides is 1. The third-order valence-electron chi connectivity index (χ3n) is 5.00. The molecule has 0 bridgehead atoms. The van der Waals surface area contributed by atoms with Gasteiger partial charge in [0.1, 0.15) is 0 Å². The summed E-state index contributed by atoms with van der Waals surface area (Å²) in [5, 5.41) is 5.24. The van der Waals surface area contributed by atoms with E-state index in [-0.39, 0.29) is 5.91 Å². The lowest BCUT2D eigenvalue weighted by atomic mass is 10.0. The van der Waals surface area contributed by atoms with Crippen LogP contribution in [0, 0.1) is 0 Å². The smallest absolute Gasteiger partial charge is 0.256 e. The second-order valence-electron chi connectivity index (χ2n) is 6.66. The van der Waals surface area contributed by atoms with Crippen LogP contribution < -0.4 is 0 Å². The van der Waals surface area contributed by atoms with Gasteiger partial charge in [-0.15, -0.1) is 0 Å². The van der Waals surface area contributed by atoms with E-state index in [1.165, 1.54) is 0 Å². The standard InChI is InChI=1S/C22H17N3OS/c26-22-21-18(16-9-12-27-14-16)7-10-23-20(21)13-25(22)11-8-17-6-5-15-3-1-2-4-19(15)24-17/h1-7,9-10,12,14H,8,11,13H2. The Morgan fingerprint density at radius 1 is 1.07 bits per heavy atom. The van der Waals surface area contributed by atoms with Gasteiger partial charge in [-0.1, -0.05) is 24.3 Å². The van der Waals surface area contributed by atoms with Gasteiger partial charge in [0.2, 0.25) is 0 Å². The van der Waals surface area contributed by atoms with Gasteiger partial charge in [0, 0.05) is 30.2 Å². The maximum atomic E-state index is 13.0. The Morgan fingerprint density at radius 3 is 2.89 bits per heavy atom. The van der Waals surface area contributed by atoms with Crippen molar-refractivity contribution in [1.29, 1.82) is 0 Å². The Morgan fingerprint density at radius 2 is 2.00 bits per heavy atom. The van der Waals surface area contributed by atoms with E-state index in [4.69, 9.17) is 4.98 Å². The molecule has 0 aliphatic carbocycles. The number of rotatable bonds is 4. The molecule has 0 atom stereocenters. The highest BCUT2D eigenvalue weighted by Gasteiger charge is 2.31. The molecule has 5 heteroatoms. The maximum absolute atomic E-state index is 13.0. The molecule has 27 heavy (non-hydrogen) atoms. The third-order valence-corrected chi connectivity index (χ3v) is 5.68. The molecule has 0 spiro atoms. The predicted octanol–water partition coefficient (Wildman–Crippen LogP) is 4.56. The minimum Gasteiger partial charge on any atom is -0.332 e. The number of para-hydroxylation sites is 1. The van der Waals surface area contributed by atoms with Crippen LogP contribution in [-0.2, 0) is 13.0 Å². The second-order valence-corrected chi connectivity index (χ2v) is 7.44. The van der Waals surface area contributed by atoms with E-state index in [2.05, 4.69) is 28.6 Å². The Labute approximate surface area is 161 Å². The number of thiophene rings is 1. The molecule has 1 aliphatic heterocycles. The number of pyridine rings is 2. The van der Waals surface area contributed by atoms with Crippen molar-refractivity contribution in [1.82, 2.24) is 14.9 Å². The number of hydrogen-bond acceptors (Lipinski definition) is 4. The van der Waals surface area contributed by atoms with E-state index >= 15 is 0 Å². The number of benzene rings is 1. The largest absolute Gasteiger partial charge is 0.332 e. The molecule has 3 aromatic heterocycles. The molecule has 0 radical (unpaired) electrons. The van der Waals surface area contributed by atoms with Crippen molar-refractivity contribution in [2.45, 2.75) is 13.0 Å². The summed E-state index contributed by atoms with van der Waals surface area (Å²) in [4.78, 5) is 24.1. The van der Waals surface area contributed by atoms with Crippen molar-refractivity contribution in [3.05, 3.63) is 82.4 Å². The average Bonchev–Trinajstić information content (AvgIpc) is 3.35. The molecule has 4 aromatic rings. The highest BCUT2D eigenvalue weighted by molar-refractivity contribution is 7.08. The van der Waals surface area contributed by atoms with Crippen LogP contribution >= 0.6 is 11.3 Å². The van der Waals surface area contributed by atoms with Crippen molar-refractivity contribution in [2.24, 2.45) is 0 Å². The van der Waals surface area contributed by atoms with Gasteiger partial charge in [0.15, 0.2) is 0 Å². The molecular weight excluding hydrogens is 354 g/mol.